The summed E-state index contributed by atoms with van der Waals surface area (Å²) in [6.07, 6.45) is -3.75. The lowest BCUT2D eigenvalue weighted by Gasteiger charge is -2.18. The molecule has 3 aromatic rings. The van der Waals surface area contributed by atoms with E-state index in [-0.39, 0.29) is 40.6 Å². The number of aromatic nitrogens is 2. The molecule has 4 rings (SSSR count). The van der Waals surface area contributed by atoms with Gasteiger partial charge in [-0.1, -0.05) is 30.3 Å². The average molecular weight is 528 g/mol. The molecular weight excluding hydrogens is 503 g/mol. The van der Waals surface area contributed by atoms with Gasteiger partial charge >= 0.3 is 6.18 Å². The van der Waals surface area contributed by atoms with Crippen molar-refractivity contribution < 1.29 is 21.6 Å². The maximum atomic E-state index is 13.6. The highest BCUT2D eigenvalue weighted by atomic mass is 35.5. The third-order valence-corrected chi connectivity index (χ3v) is 7.00. The van der Waals surface area contributed by atoms with Crippen LogP contribution in [0.25, 0.3) is 11.3 Å². The lowest BCUT2D eigenvalue weighted by Crippen LogP contribution is -2.30. The maximum Gasteiger partial charge on any atom is 0.418 e. The molecule has 0 aliphatic carbocycles. The number of nitrogens with zero attached hydrogens (tertiary/aromatic N) is 3. The molecule has 188 valence electrons. The second kappa shape index (κ2) is 10.4. The number of hydrogen-bond donors (Lipinski definition) is 2. The van der Waals surface area contributed by atoms with Crippen molar-refractivity contribution in [3.63, 3.8) is 0 Å². The Morgan fingerprint density at radius 1 is 1.03 bits per heavy atom. The number of halogens is 4. The molecule has 1 aromatic carbocycles. The number of alkyl halides is 3. The van der Waals surface area contributed by atoms with Crippen LogP contribution >= 0.6 is 12.4 Å². The predicted molar refractivity (Wildman–Crippen MR) is 131 cm³/mol. The van der Waals surface area contributed by atoms with Crippen molar-refractivity contribution in [1.29, 1.82) is 0 Å². The molecule has 1 aliphatic rings. The molecule has 0 bridgehead atoms. The van der Waals surface area contributed by atoms with Crippen LogP contribution in [-0.4, -0.2) is 44.6 Å². The average Bonchev–Trinajstić information content (AvgIpc) is 3.28. The highest BCUT2D eigenvalue weighted by molar-refractivity contribution is 7.92. The van der Waals surface area contributed by atoms with Gasteiger partial charge in [0.1, 0.15) is 11.6 Å². The van der Waals surface area contributed by atoms with Crippen molar-refractivity contribution >= 4 is 34.1 Å². The number of pyridine rings is 2. The fraction of sp³-hybridized carbons (Fsp3) is 0.304. The van der Waals surface area contributed by atoms with Gasteiger partial charge in [0.25, 0.3) is 10.0 Å². The number of hydrogen-bond acceptors (Lipinski definition) is 6. The van der Waals surface area contributed by atoms with Gasteiger partial charge in [0, 0.05) is 24.7 Å². The fourth-order valence-electron chi connectivity index (χ4n) is 3.91. The van der Waals surface area contributed by atoms with E-state index in [1.807, 2.05) is 11.9 Å². The number of rotatable bonds is 6. The van der Waals surface area contributed by atoms with Crippen LogP contribution in [-0.2, 0) is 16.2 Å². The number of anilines is 2. The minimum absolute atomic E-state index is 0. The van der Waals surface area contributed by atoms with Crippen LogP contribution < -0.4 is 14.9 Å². The van der Waals surface area contributed by atoms with E-state index in [4.69, 9.17) is 0 Å². The summed E-state index contributed by atoms with van der Waals surface area (Å²) in [6.45, 7) is 3.09. The van der Waals surface area contributed by atoms with E-state index in [1.54, 1.807) is 37.3 Å². The van der Waals surface area contributed by atoms with Crippen LogP contribution in [0, 0.1) is 6.92 Å². The minimum atomic E-state index is -4.65. The van der Waals surface area contributed by atoms with Crippen molar-refractivity contribution in [1.82, 2.24) is 15.3 Å². The Bertz CT molecular complexity index is 1300. The Kier molecular flexibility index (Phi) is 7.93. The molecule has 1 saturated heterocycles. The number of sulfonamides is 1. The molecule has 0 amide bonds. The van der Waals surface area contributed by atoms with Gasteiger partial charge in [-0.05, 0) is 50.2 Å². The minimum Gasteiger partial charge on any atom is -0.355 e. The molecule has 0 saturated carbocycles. The lowest BCUT2D eigenvalue weighted by atomic mass is 10.0. The molecule has 0 unspecified atom stereocenters. The van der Waals surface area contributed by atoms with Crippen molar-refractivity contribution in [2.45, 2.75) is 30.6 Å². The molecule has 3 heterocycles. The normalized spacial score (nSPS) is 16.1. The number of aryl methyl sites for hydroxylation is 1. The monoisotopic (exact) mass is 527 g/mol. The second-order valence-electron chi connectivity index (χ2n) is 8.07. The van der Waals surface area contributed by atoms with E-state index in [2.05, 4.69) is 20.0 Å². The molecule has 2 aromatic heterocycles. The SMILES string of the molecule is CN[C@H]1CCN(c2cccc(S(=O)(=O)Nc3ccc(C(F)(F)F)c(-c4ccccc4C)n3)n2)C1.Cl. The molecule has 12 heteroatoms. The molecular formula is C23H25ClF3N5O2S. The highest BCUT2D eigenvalue weighted by Gasteiger charge is 2.35. The first-order chi connectivity index (χ1) is 16.1. The van der Waals surface area contributed by atoms with Crippen LogP contribution in [0.15, 0.2) is 59.6 Å². The molecule has 0 radical (unpaired) electrons. The maximum absolute atomic E-state index is 13.6. The molecule has 0 spiro atoms. The third-order valence-electron chi connectivity index (χ3n) is 5.74. The van der Waals surface area contributed by atoms with Crippen molar-refractivity contribution in [3.05, 3.63) is 65.7 Å². The summed E-state index contributed by atoms with van der Waals surface area (Å²) in [5.41, 5.74) is -0.440. The number of likely N-dealkylation sites (N-methyl/N-ethyl adjacent to an activating group) is 1. The first kappa shape index (κ1) is 26.7. The Morgan fingerprint density at radius 2 is 1.77 bits per heavy atom. The van der Waals surface area contributed by atoms with Gasteiger partial charge in [-0.3, -0.25) is 4.72 Å². The summed E-state index contributed by atoms with van der Waals surface area (Å²) in [5.74, 6) is 0.288. The van der Waals surface area contributed by atoms with E-state index in [0.29, 0.717) is 17.9 Å². The van der Waals surface area contributed by atoms with E-state index in [0.717, 1.165) is 25.1 Å². The quantitative estimate of drug-likeness (QED) is 0.491. The third kappa shape index (κ3) is 5.85. The number of nitrogens with one attached hydrogen (secondary N) is 2. The predicted octanol–water partition coefficient (Wildman–Crippen LogP) is 4.49. The van der Waals surface area contributed by atoms with E-state index in [1.165, 1.54) is 12.1 Å². The molecule has 7 nitrogen and oxygen atoms in total. The molecule has 2 N–H and O–H groups in total. The zero-order valence-corrected chi connectivity index (χ0v) is 20.6. The van der Waals surface area contributed by atoms with Crippen LogP contribution in [0.1, 0.15) is 17.5 Å². The van der Waals surface area contributed by atoms with Gasteiger partial charge in [0.2, 0.25) is 0 Å². The second-order valence-corrected chi connectivity index (χ2v) is 9.69. The van der Waals surface area contributed by atoms with Crippen LogP contribution in [0.3, 0.4) is 0 Å². The summed E-state index contributed by atoms with van der Waals surface area (Å²) in [6, 6.07) is 13.3. The van der Waals surface area contributed by atoms with Gasteiger partial charge in [0.15, 0.2) is 5.03 Å². The van der Waals surface area contributed by atoms with Gasteiger partial charge in [0.05, 0.1) is 11.3 Å². The van der Waals surface area contributed by atoms with Gasteiger partial charge in [-0.2, -0.15) is 21.6 Å². The first-order valence-electron chi connectivity index (χ1n) is 10.6. The van der Waals surface area contributed by atoms with E-state index < -0.39 is 21.8 Å². The molecule has 1 aliphatic heterocycles. The summed E-state index contributed by atoms with van der Waals surface area (Å²) in [5, 5.41) is 2.95. The summed E-state index contributed by atoms with van der Waals surface area (Å²) in [4.78, 5) is 10.3. The van der Waals surface area contributed by atoms with Crippen molar-refractivity contribution in [3.8, 4) is 11.3 Å². The van der Waals surface area contributed by atoms with Gasteiger partial charge in [-0.25, -0.2) is 9.97 Å². The van der Waals surface area contributed by atoms with Crippen molar-refractivity contribution in [2.75, 3.05) is 29.8 Å². The zero-order valence-electron chi connectivity index (χ0n) is 19.0. The summed E-state index contributed by atoms with van der Waals surface area (Å²) < 4.78 is 69.3. The molecule has 1 fully saturated rings. The smallest absolute Gasteiger partial charge is 0.355 e. The Balaban J connectivity index is 0.00000342. The van der Waals surface area contributed by atoms with E-state index in [9.17, 15) is 21.6 Å². The van der Waals surface area contributed by atoms with Crippen LogP contribution in [0.2, 0.25) is 0 Å². The topological polar surface area (TPSA) is 87.2 Å². The highest BCUT2D eigenvalue weighted by Crippen LogP contribution is 2.38. The van der Waals surface area contributed by atoms with Crippen molar-refractivity contribution in [2.24, 2.45) is 0 Å². The largest absolute Gasteiger partial charge is 0.418 e. The molecule has 1 atom stereocenters. The fourth-order valence-corrected chi connectivity index (χ4v) is 4.88. The van der Waals surface area contributed by atoms with Gasteiger partial charge < -0.3 is 10.2 Å². The first-order valence-corrected chi connectivity index (χ1v) is 12.1. The molecule has 35 heavy (non-hydrogen) atoms. The Morgan fingerprint density at radius 3 is 2.43 bits per heavy atom. The zero-order chi connectivity index (χ0) is 24.5. The summed E-state index contributed by atoms with van der Waals surface area (Å²) in [7, 11) is -2.32. The van der Waals surface area contributed by atoms with Crippen LogP contribution in [0.4, 0.5) is 24.8 Å². The van der Waals surface area contributed by atoms with Gasteiger partial charge in [-0.15, -0.1) is 12.4 Å². The van der Waals surface area contributed by atoms with Crippen LogP contribution in [0.5, 0.6) is 0 Å². The Hall–Kier alpha value is -2.89. The standard InChI is InChI=1S/C23H24F3N5O2S.ClH/c1-15-6-3-4-7-17(15)22-18(23(24,25)26)10-11-19(28-22)30-34(32,33)21-9-5-8-20(29-21)31-13-12-16(14-31)27-2;/h3-11,16,27H,12-14H2,1-2H3,(H,28,30);1H/t16-;/m0./s1. The number of benzene rings is 1. The Labute approximate surface area is 208 Å². The lowest BCUT2D eigenvalue weighted by molar-refractivity contribution is -0.137. The summed E-state index contributed by atoms with van der Waals surface area (Å²) >= 11 is 0. The van der Waals surface area contributed by atoms with E-state index >= 15 is 0 Å².